The molecule has 1 aliphatic rings. The molecule has 1 aliphatic carbocycles. The molecule has 0 saturated heterocycles. The maximum atomic E-state index is 13.9. The SMILES string of the molecule is CCCCOC(=O)CN(Cc1cccc(C(=O)OCCCC)c1)C(=O)CC1CCc2cc(OC(=O)c3ccc(N=C(NC(=O)OC(C)(C)C)NC(=O)OC(C)(C)C)cc3)ccc21. The topological polar surface area (TPSA) is 188 Å². The Morgan fingerprint density at radius 3 is 1.98 bits per heavy atom. The summed E-state index contributed by atoms with van der Waals surface area (Å²) in [6, 6.07) is 18.2. The molecule has 3 aromatic carbocycles. The first-order valence-corrected chi connectivity index (χ1v) is 21.1. The lowest BCUT2D eigenvalue weighted by Crippen LogP contribution is -2.47. The Morgan fingerprint density at radius 1 is 0.742 bits per heavy atom. The Hall–Kier alpha value is -6.25. The summed E-state index contributed by atoms with van der Waals surface area (Å²) in [6.45, 7) is 14.6. The molecule has 3 amide bonds. The largest absolute Gasteiger partial charge is 0.464 e. The second-order valence-corrected chi connectivity index (χ2v) is 17.0. The first-order chi connectivity index (χ1) is 29.3. The van der Waals surface area contributed by atoms with Crippen molar-refractivity contribution in [1.82, 2.24) is 15.5 Å². The predicted octanol–water partition coefficient (Wildman–Crippen LogP) is 8.69. The Kier molecular flexibility index (Phi) is 17.6. The van der Waals surface area contributed by atoms with E-state index < -0.39 is 41.3 Å². The molecule has 334 valence electrons. The number of alkyl carbamates (subject to hydrolysis) is 2. The van der Waals surface area contributed by atoms with Crippen molar-refractivity contribution in [3.63, 3.8) is 0 Å². The van der Waals surface area contributed by atoms with Gasteiger partial charge in [0.1, 0.15) is 23.5 Å². The maximum Gasteiger partial charge on any atom is 0.414 e. The summed E-state index contributed by atoms with van der Waals surface area (Å²) in [7, 11) is 0. The summed E-state index contributed by atoms with van der Waals surface area (Å²) in [5.74, 6) is -1.84. The van der Waals surface area contributed by atoms with Crippen molar-refractivity contribution >= 4 is 47.6 Å². The van der Waals surface area contributed by atoms with E-state index in [9.17, 15) is 28.8 Å². The van der Waals surface area contributed by atoms with Crippen LogP contribution in [0.4, 0.5) is 15.3 Å². The highest BCUT2D eigenvalue weighted by molar-refractivity contribution is 6.02. The van der Waals surface area contributed by atoms with Crippen LogP contribution in [0.25, 0.3) is 0 Å². The van der Waals surface area contributed by atoms with E-state index in [0.717, 1.165) is 30.4 Å². The average Bonchev–Trinajstić information content (AvgIpc) is 3.58. The highest BCUT2D eigenvalue weighted by atomic mass is 16.6. The first-order valence-electron chi connectivity index (χ1n) is 21.1. The zero-order chi connectivity index (χ0) is 45.5. The molecular formula is C47H60N4O11. The van der Waals surface area contributed by atoms with Crippen LogP contribution >= 0.6 is 0 Å². The van der Waals surface area contributed by atoms with Gasteiger partial charge >= 0.3 is 30.1 Å². The van der Waals surface area contributed by atoms with Crippen LogP contribution in [0.3, 0.4) is 0 Å². The van der Waals surface area contributed by atoms with Gasteiger partial charge in [-0.15, -0.1) is 0 Å². The molecule has 4 rings (SSSR count). The quantitative estimate of drug-likeness (QED) is 0.0350. The molecule has 1 unspecified atom stereocenters. The number of amides is 3. The number of ether oxygens (including phenoxy) is 5. The number of carbonyl (C=O) groups excluding carboxylic acids is 6. The van der Waals surface area contributed by atoms with Crippen molar-refractivity contribution in [2.24, 2.45) is 4.99 Å². The molecule has 0 bridgehead atoms. The molecule has 62 heavy (non-hydrogen) atoms. The second kappa shape index (κ2) is 22.6. The van der Waals surface area contributed by atoms with Crippen molar-refractivity contribution < 1.29 is 52.5 Å². The number of hydrogen-bond donors (Lipinski definition) is 2. The molecule has 0 heterocycles. The van der Waals surface area contributed by atoms with Crippen LogP contribution in [-0.2, 0) is 41.5 Å². The fraction of sp³-hybridized carbons (Fsp3) is 0.468. The number of carbonyl (C=O) groups is 6. The van der Waals surface area contributed by atoms with Gasteiger partial charge in [-0.2, -0.15) is 0 Å². The van der Waals surface area contributed by atoms with Crippen LogP contribution in [0, 0.1) is 0 Å². The second-order valence-electron chi connectivity index (χ2n) is 17.0. The van der Waals surface area contributed by atoms with E-state index in [0.29, 0.717) is 48.4 Å². The summed E-state index contributed by atoms with van der Waals surface area (Å²) in [5.41, 5.74) is 1.86. The van der Waals surface area contributed by atoms with E-state index in [1.54, 1.807) is 77.9 Å². The number of aryl methyl sites for hydroxylation is 1. The van der Waals surface area contributed by atoms with Crippen LogP contribution in [0.2, 0.25) is 0 Å². The molecule has 15 nitrogen and oxygen atoms in total. The Labute approximate surface area is 363 Å². The van der Waals surface area contributed by atoms with Gasteiger partial charge in [0.15, 0.2) is 0 Å². The monoisotopic (exact) mass is 856 g/mol. The number of aliphatic imine (C=N–C) groups is 1. The van der Waals surface area contributed by atoms with Gasteiger partial charge in [-0.25, -0.2) is 24.2 Å². The number of nitrogens with one attached hydrogen (secondary N) is 2. The zero-order valence-electron chi connectivity index (χ0n) is 37.1. The van der Waals surface area contributed by atoms with Crippen LogP contribution in [0.1, 0.15) is 137 Å². The van der Waals surface area contributed by atoms with E-state index in [1.165, 1.54) is 29.2 Å². The van der Waals surface area contributed by atoms with E-state index >= 15 is 0 Å². The Bertz CT molecular complexity index is 2050. The molecule has 1 atom stereocenters. The van der Waals surface area contributed by atoms with Crippen molar-refractivity contribution in [2.45, 2.75) is 124 Å². The number of esters is 3. The summed E-state index contributed by atoms with van der Waals surface area (Å²) in [6.07, 6.45) is 3.02. The van der Waals surface area contributed by atoms with Gasteiger partial charge in [0.25, 0.3) is 0 Å². The van der Waals surface area contributed by atoms with Crippen LogP contribution < -0.4 is 15.4 Å². The third kappa shape index (κ3) is 16.3. The van der Waals surface area contributed by atoms with E-state index in [4.69, 9.17) is 23.7 Å². The number of fused-ring (bicyclic) bond motifs is 1. The number of hydrogen-bond acceptors (Lipinski definition) is 12. The third-order valence-electron chi connectivity index (χ3n) is 9.23. The lowest BCUT2D eigenvalue weighted by molar-refractivity contribution is -0.150. The summed E-state index contributed by atoms with van der Waals surface area (Å²) >= 11 is 0. The lowest BCUT2D eigenvalue weighted by Gasteiger charge is -2.24. The number of rotatable bonds is 16. The smallest absolute Gasteiger partial charge is 0.414 e. The molecule has 0 spiro atoms. The van der Waals surface area contributed by atoms with Crippen molar-refractivity contribution in [2.75, 3.05) is 19.8 Å². The van der Waals surface area contributed by atoms with Gasteiger partial charge in [-0.3, -0.25) is 20.2 Å². The van der Waals surface area contributed by atoms with Crippen molar-refractivity contribution in [3.05, 3.63) is 94.5 Å². The van der Waals surface area contributed by atoms with E-state index in [-0.39, 0.29) is 49.5 Å². The van der Waals surface area contributed by atoms with Crippen LogP contribution in [0.15, 0.2) is 71.7 Å². The first kappa shape index (κ1) is 48.4. The number of benzene rings is 3. The predicted molar refractivity (Wildman–Crippen MR) is 232 cm³/mol. The zero-order valence-corrected chi connectivity index (χ0v) is 37.1. The summed E-state index contributed by atoms with van der Waals surface area (Å²) in [4.78, 5) is 83.3. The molecule has 0 aliphatic heterocycles. The molecule has 0 fully saturated rings. The van der Waals surface area contributed by atoms with Crippen LogP contribution in [0.5, 0.6) is 5.75 Å². The number of guanidine groups is 1. The highest BCUT2D eigenvalue weighted by Crippen LogP contribution is 2.38. The average molecular weight is 857 g/mol. The fourth-order valence-electron chi connectivity index (χ4n) is 6.33. The minimum atomic E-state index is -0.845. The molecule has 3 aromatic rings. The molecular weight excluding hydrogens is 797 g/mol. The standard InChI is InChI=1S/C47H60N4O11/c1-9-11-24-58-40(53)30-51(29-31-14-13-15-35(26-31)41(54)59-25-12-10-2)39(52)28-34-17-16-33-27-37(22-23-38(33)34)60-42(55)32-18-20-36(21-19-32)48-43(49-44(56)61-46(3,4)5)50-45(57)62-47(6,7)8/h13-15,18-23,26-27,34H,9-12,16-17,24-25,28-30H2,1-8H3,(H2,48,49,50,56,57). The van der Waals surface area contributed by atoms with Gasteiger partial charge in [0, 0.05) is 13.0 Å². The van der Waals surface area contributed by atoms with Gasteiger partial charge in [0.2, 0.25) is 11.9 Å². The van der Waals surface area contributed by atoms with Crippen molar-refractivity contribution in [3.8, 4) is 5.75 Å². The van der Waals surface area contributed by atoms with E-state index in [2.05, 4.69) is 15.6 Å². The van der Waals surface area contributed by atoms with E-state index in [1.807, 2.05) is 19.9 Å². The normalized spacial score (nSPS) is 13.2. The highest BCUT2D eigenvalue weighted by Gasteiger charge is 2.29. The number of nitrogens with zero attached hydrogens (tertiary/aromatic N) is 2. The van der Waals surface area contributed by atoms with Gasteiger partial charge < -0.3 is 28.6 Å². The van der Waals surface area contributed by atoms with Crippen LogP contribution in [-0.4, -0.2) is 77.8 Å². The molecule has 15 heteroatoms. The minimum absolute atomic E-state index is 0.104. The maximum absolute atomic E-state index is 13.9. The van der Waals surface area contributed by atoms with Gasteiger partial charge in [-0.1, -0.05) is 44.9 Å². The Morgan fingerprint density at radius 2 is 1.37 bits per heavy atom. The summed E-state index contributed by atoms with van der Waals surface area (Å²) in [5, 5.41) is 4.83. The lowest BCUT2D eigenvalue weighted by atomic mass is 9.97. The number of unbranched alkanes of at least 4 members (excludes halogenated alkanes) is 2. The van der Waals surface area contributed by atoms with Gasteiger partial charge in [-0.05, 0) is 138 Å². The molecule has 0 saturated carbocycles. The minimum Gasteiger partial charge on any atom is -0.464 e. The molecule has 0 radical (unpaired) electrons. The third-order valence-corrected chi connectivity index (χ3v) is 9.23. The van der Waals surface area contributed by atoms with Gasteiger partial charge in [0.05, 0.1) is 30.0 Å². The van der Waals surface area contributed by atoms with Crippen molar-refractivity contribution in [1.29, 1.82) is 0 Å². The molecule has 2 N–H and O–H groups in total. The fourth-order valence-corrected chi connectivity index (χ4v) is 6.33. The Balaban J connectivity index is 1.43. The molecule has 0 aromatic heterocycles. The summed E-state index contributed by atoms with van der Waals surface area (Å²) < 4.78 is 27.1.